The maximum atomic E-state index is 4.58. The fourth-order valence-electron chi connectivity index (χ4n) is 3.22. The van der Waals surface area contributed by atoms with E-state index in [-0.39, 0.29) is 0 Å². The highest BCUT2D eigenvalue weighted by atomic mass is 15.2. The summed E-state index contributed by atoms with van der Waals surface area (Å²) in [7, 11) is 0. The zero-order valence-corrected chi connectivity index (χ0v) is 13.2. The minimum atomic E-state index is 0.552. The van der Waals surface area contributed by atoms with E-state index in [2.05, 4.69) is 48.1 Å². The number of pyridine rings is 1. The van der Waals surface area contributed by atoms with Crippen molar-refractivity contribution in [1.29, 1.82) is 0 Å². The molecule has 0 aliphatic heterocycles. The number of anilines is 2. The van der Waals surface area contributed by atoms with E-state index in [0.717, 1.165) is 30.5 Å². The Morgan fingerprint density at radius 2 is 1.90 bits per heavy atom. The number of hydrogen-bond acceptors (Lipinski definition) is 3. The van der Waals surface area contributed by atoms with Crippen molar-refractivity contribution in [2.75, 3.05) is 23.3 Å². The van der Waals surface area contributed by atoms with Gasteiger partial charge in [-0.25, -0.2) is 4.98 Å². The Labute approximate surface area is 123 Å². The third-order valence-electron chi connectivity index (χ3n) is 4.59. The predicted octanol–water partition coefficient (Wildman–Crippen LogP) is 4.31. The smallest absolute Gasteiger partial charge is 0.128 e. The van der Waals surface area contributed by atoms with E-state index in [9.17, 15) is 0 Å². The van der Waals surface area contributed by atoms with Crippen LogP contribution < -0.4 is 10.2 Å². The third kappa shape index (κ3) is 3.87. The molecule has 1 heterocycles. The molecule has 112 valence electrons. The van der Waals surface area contributed by atoms with Crippen LogP contribution in [-0.4, -0.2) is 24.1 Å². The van der Waals surface area contributed by atoms with E-state index in [1.807, 2.05) is 6.20 Å². The van der Waals surface area contributed by atoms with Crippen molar-refractivity contribution in [2.24, 2.45) is 5.92 Å². The lowest BCUT2D eigenvalue weighted by Crippen LogP contribution is -2.28. The average molecular weight is 275 g/mol. The molecular formula is C17H29N3. The molecule has 1 aromatic heterocycles. The molecule has 20 heavy (non-hydrogen) atoms. The number of nitrogens with zero attached hydrogens (tertiary/aromatic N) is 2. The highest BCUT2D eigenvalue weighted by molar-refractivity contribution is 5.49. The zero-order valence-electron chi connectivity index (χ0n) is 13.2. The summed E-state index contributed by atoms with van der Waals surface area (Å²) in [4.78, 5) is 6.85. The topological polar surface area (TPSA) is 28.2 Å². The number of aromatic nitrogens is 1. The van der Waals surface area contributed by atoms with Crippen LogP contribution in [0.15, 0.2) is 18.3 Å². The van der Waals surface area contributed by atoms with Crippen molar-refractivity contribution < 1.29 is 0 Å². The van der Waals surface area contributed by atoms with Gasteiger partial charge < -0.3 is 10.2 Å². The van der Waals surface area contributed by atoms with Gasteiger partial charge in [0.05, 0.1) is 11.9 Å². The maximum Gasteiger partial charge on any atom is 0.128 e. The first-order valence-electron chi connectivity index (χ1n) is 8.22. The molecule has 1 atom stereocenters. The molecule has 0 spiro atoms. The lowest BCUT2D eigenvalue weighted by atomic mass is 9.84. The van der Waals surface area contributed by atoms with Crippen LogP contribution >= 0.6 is 0 Å². The second-order valence-electron chi connectivity index (χ2n) is 5.91. The first-order chi connectivity index (χ1) is 9.74. The first kappa shape index (κ1) is 15.1. The lowest BCUT2D eigenvalue weighted by Gasteiger charge is -2.29. The molecule has 0 amide bonds. The Bertz CT molecular complexity index is 378. The van der Waals surface area contributed by atoms with Crippen molar-refractivity contribution in [3.63, 3.8) is 0 Å². The van der Waals surface area contributed by atoms with Gasteiger partial charge >= 0.3 is 0 Å². The highest BCUT2D eigenvalue weighted by Crippen LogP contribution is 2.28. The van der Waals surface area contributed by atoms with E-state index in [0.29, 0.717) is 6.04 Å². The van der Waals surface area contributed by atoms with Gasteiger partial charge in [0.15, 0.2) is 0 Å². The number of hydrogen-bond donors (Lipinski definition) is 1. The highest BCUT2D eigenvalue weighted by Gasteiger charge is 2.19. The van der Waals surface area contributed by atoms with Gasteiger partial charge in [0.2, 0.25) is 0 Å². The summed E-state index contributed by atoms with van der Waals surface area (Å²) >= 11 is 0. The van der Waals surface area contributed by atoms with Crippen molar-refractivity contribution >= 4 is 11.5 Å². The van der Waals surface area contributed by atoms with Gasteiger partial charge in [-0.1, -0.05) is 19.3 Å². The van der Waals surface area contributed by atoms with Gasteiger partial charge in [-0.05, 0) is 51.7 Å². The van der Waals surface area contributed by atoms with Crippen LogP contribution in [0.4, 0.5) is 11.5 Å². The van der Waals surface area contributed by atoms with Crippen molar-refractivity contribution in [1.82, 2.24) is 4.98 Å². The molecule has 3 nitrogen and oxygen atoms in total. The summed E-state index contributed by atoms with van der Waals surface area (Å²) in [5.41, 5.74) is 1.15. The van der Waals surface area contributed by atoms with Gasteiger partial charge in [-0.15, -0.1) is 0 Å². The second kappa shape index (κ2) is 7.51. The lowest BCUT2D eigenvalue weighted by molar-refractivity contribution is 0.328. The van der Waals surface area contributed by atoms with Gasteiger partial charge in [-0.2, -0.15) is 0 Å². The predicted molar refractivity (Wildman–Crippen MR) is 87.5 cm³/mol. The molecule has 0 aromatic carbocycles. The summed E-state index contributed by atoms with van der Waals surface area (Å²) in [5, 5.41) is 3.63. The summed E-state index contributed by atoms with van der Waals surface area (Å²) in [6.45, 7) is 8.67. The fraction of sp³-hybridized carbons (Fsp3) is 0.706. The summed E-state index contributed by atoms with van der Waals surface area (Å²) < 4.78 is 0. The Balaban J connectivity index is 1.92. The SMILES string of the molecule is CCN(CC)c1ccc(NC(C)C2CCCCC2)cn1. The van der Waals surface area contributed by atoms with Crippen LogP contribution in [0.25, 0.3) is 0 Å². The molecule has 1 saturated carbocycles. The number of rotatable bonds is 6. The van der Waals surface area contributed by atoms with E-state index in [1.165, 1.54) is 32.1 Å². The molecule has 2 rings (SSSR count). The monoisotopic (exact) mass is 275 g/mol. The molecule has 0 bridgehead atoms. The van der Waals surface area contributed by atoms with Crippen LogP contribution in [0, 0.1) is 5.92 Å². The summed E-state index contributed by atoms with van der Waals surface area (Å²) in [6.07, 6.45) is 8.94. The molecule has 1 fully saturated rings. The van der Waals surface area contributed by atoms with Crippen molar-refractivity contribution in [2.45, 2.75) is 58.9 Å². The van der Waals surface area contributed by atoms with Crippen LogP contribution in [0.5, 0.6) is 0 Å². The van der Waals surface area contributed by atoms with Crippen LogP contribution in [-0.2, 0) is 0 Å². The Kier molecular flexibility index (Phi) is 5.69. The molecule has 1 N–H and O–H groups in total. The standard InChI is InChI=1S/C17H29N3/c1-4-20(5-2)17-12-11-16(13-18-17)19-14(3)15-9-7-6-8-10-15/h11-15,19H,4-10H2,1-3H3. The zero-order chi connectivity index (χ0) is 14.4. The maximum absolute atomic E-state index is 4.58. The van der Waals surface area contributed by atoms with Crippen molar-refractivity contribution in [3.05, 3.63) is 18.3 Å². The van der Waals surface area contributed by atoms with E-state index >= 15 is 0 Å². The molecule has 1 aromatic rings. The Morgan fingerprint density at radius 1 is 1.20 bits per heavy atom. The van der Waals surface area contributed by atoms with Crippen LogP contribution in [0.2, 0.25) is 0 Å². The fourth-order valence-corrected chi connectivity index (χ4v) is 3.22. The minimum Gasteiger partial charge on any atom is -0.381 e. The normalized spacial score (nSPS) is 17.8. The van der Waals surface area contributed by atoms with E-state index in [4.69, 9.17) is 0 Å². The molecule has 3 heteroatoms. The molecule has 0 saturated heterocycles. The Morgan fingerprint density at radius 3 is 2.45 bits per heavy atom. The van der Waals surface area contributed by atoms with Gasteiger partial charge in [0.25, 0.3) is 0 Å². The second-order valence-corrected chi connectivity index (χ2v) is 5.91. The molecule has 0 radical (unpaired) electrons. The third-order valence-corrected chi connectivity index (χ3v) is 4.59. The molecular weight excluding hydrogens is 246 g/mol. The van der Waals surface area contributed by atoms with Gasteiger partial charge in [-0.3, -0.25) is 0 Å². The molecule has 1 unspecified atom stereocenters. The van der Waals surface area contributed by atoms with E-state index in [1.54, 1.807) is 0 Å². The van der Waals surface area contributed by atoms with Crippen LogP contribution in [0.3, 0.4) is 0 Å². The average Bonchev–Trinajstić information content (AvgIpc) is 2.51. The molecule has 1 aliphatic rings. The molecule has 1 aliphatic carbocycles. The summed E-state index contributed by atoms with van der Waals surface area (Å²) in [5.74, 6) is 1.90. The number of nitrogens with one attached hydrogen (secondary N) is 1. The van der Waals surface area contributed by atoms with Gasteiger partial charge in [0.1, 0.15) is 5.82 Å². The summed E-state index contributed by atoms with van der Waals surface area (Å²) in [6, 6.07) is 4.85. The van der Waals surface area contributed by atoms with Gasteiger partial charge in [0, 0.05) is 19.1 Å². The first-order valence-corrected chi connectivity index (χ1v) is 8.22. The van der Waals surface area contributed by atoms with Crippen molar-refractivity contribution in [3.8, 4) is 0 Å². The van der Waals surface area contributed by atoms with E-state index < -0.39 is 0 Å². The largest absolute Gasteiger partial charge is 0.381 e. The quantitative estimate of drug-likeness (QED) is 0.838. The minimum absolute atomic E-state index is 0.552. The van der Waals surface area contributed by atoms with Crippen LogP contribution in [0.1, 0.15) is 52.9 Å². The Hall–Kier alpha value is -1.25.